The molecule has 1 aromatic rings. The molecule has 1 aliphatic rings. The fraction of sp³-hybridized carbons (Fsp3) is 0.429. The smallest absolute Gasteiger partial charge is 0.407 e. The fourth-order valence-electron chi connectivity index (χ4n) is 2.36. The lowest BCUT2D eigenvalue weighted by Crippen LogP contribution is -2.49. The summed E-state index contributed by atoms with van der Waals surface area (Å²) in [7, 11) is 1.55. The number of carbonyl (C=O) groups excluding carboxylic acids is 1. The van der Waals surface area contributed by atoms with Crippen LogP contribution in [0.25, 0.3) is 0 Å². The molecule has 1 heterocycles. The number of nitrogens with one attached hydrogen (secondary N) is 1. The van der Waals surface area contributed by atoms with Crippen molar-refractivity contribution in [3.8, 4) is 5.75 Å². The molecular weight excluding hydrogens is 260 g/mol. The number of carbonyl (C=O) groups is 2. The maximum absolute atomic E-state index is 12.2. The molecule has 0 bridgehead atoms. The minimum Gasteiger partial charge on any atom is -0.497 e. The number of carboxylic acid groups (broad SMARTS) is 1. The maximum atomic E-state index is 12.2. The van der Waals surface area contributed by atoms with Gasteiger partial charge in [-0.1, -0.05) is 6.07 Å². The van der Waals surface area contributed by atoms with Crippen LogP contribution in [0.5, 0.6) is 5.75 Å². The Morgan fingerprint density at radius 3 is 2.90 bits per heavy atom. The number of anilines is 1. The number of hydrogen-bond donors (Lipinski definition) is 2. The standard InChI is InChI=1S/C14H18N2O4/c1-20-11-6-4-5-10(9-11)15-13(17)12-7-2-3-8-16(12)14(18)19/h4-6,9,12H,2-3,7-8H2,1H3,(H,15,17)(H,18,19). The molecule has 6 heteroatoms. The zero-order chi connectivity index (χ0) is 14.5. The zero-order valence-electron chi connectivity index (χ0n) is 11.3. The highest BCUT2D eigenvalue weighted by atomic mass is 16.5. The van der Waals surface area contributed by atoms with Crippen LogP contribution >= 0.6 is 0 Å². The van der Waals surface area contributed by atoms with Crippen molar-refractivity contribution in [2.45, 2.75) is 25.3 Å². The minimum atomic E-state index is -1.05. The van der Waals surface area contributed by atoms with Crippen LogP contribution in [0, 0.1) is 0 Å². The van der Waals surface area contributed by atoms with Crippen LogP contribution in [0.1, 0.15) is 19.3 Å². The van der Waals surface area contributed by atoms with E-state index in [4.69, 9.17) is 9.84 Å². The summed E-state index contributed by atoms with van der Waals surface area (Å²) in [5, 5.41) is 11.9. The summed E-state index contributed by atoms with van der Waals surface area (Å²) >= 11 is 0. The molecule has 0 aliphatic carbocycles. The topological polar surface area (TPSA) is 78.9 Å². The van der Waals surface area contributed by atoms with Crippen LogP contribution in [0.3, 0.4) is 0 Å². The van der Waals surface area contributed by atoms with Crippen molar-refractivity contribution in [2.24, 2.45) is 0 Å². The van der Waals surface area contributed by atoms with Gasteiger partial charge in [-0.3, -0.25) is 9.69 Å². The van der Waals surface area contributed by atoms with E-state index in [-0.39, 0.29) is 5.91 Å². The number of benzene rings is 1. The van der Waals surface area contributed by atoms with Crippen molar-refractivity contribution in [1.29, 1.82) is 0 Å². The van der Waals surface area contributed by atoms with Crippen LogP contribution in [0.15, 0.2) is 24.3 Å². The molecule has 0 spiro atoms. The lowest BCUT2D eigenvalue weighted by Gasteiger charge is -2.32. The van der Waals surface area contributed by atoms with E-state index >= 15 is 0 Å². The average Bonchev–Trinajstić information content (AvgIpc) is 2.47. The van der Waals surface area contributed by atoms with E-state index in [0.717, 1.165) is 12.8 Å². The van der Waals surface area contributed by atoms with Gasteiger partial charge < -0.3 is 15.2 Å². The largest absolute Gasteiger partial charge is 0.497 e. The third kappa shape index (κ3) is 3.20. The maximum Gasteiger partial charge on any atom is 0.407 e. The number of methoxy groups -OCH3 is 1. The van der Waals surface area contributed by atoms with Gasteiger partial charge in [0.25, 0.3) is 0 Å². The Labute approximate surface area is 117 Å². The molecule has 0 radical (unpaired) electrons. The normalized spacial score (nSPS) is 18.4. The van der Waals surface area contributed by atoms with Gasteiger partial charge in [0.1, 0.15) is 11.8 Å². The first-order valence-electron chi connectivity index (χ1n) is 6.56. The van der Waals surface area contributed by atoms with Gasteiger partial charge in [0.2, 0.25) is 5.91 Å². The molecule has 1 atom stereocenters. The van der Waals surface area contributed by atoms with Gasteiger partial charge >= 0.3 is 6.09 Å². The van der Waals surface area contributed by atoms with Crippen LogP contribution in [-0.2, 0) is 4.79 Å². The predicted octanol–water partition coefficient (Wildman–Crippen LogP) is 2.17. The van der Waals surface area contributed by atoms with Crippen molar-refractivity contribution in [1.82, 2.24) is 4.90 Å². The third-order valence-electron chi connectivity index (χ3n) is 3.39. The molecule has 0 saturated carbocycles. The SMILES string of the molecule is COc1cccc(NC(=O)C2CCCCN2C(=O)O)c1. The van der Waals surface area contributed by atoms with Gasteiger partial charge in [-0.2, -0.15) is 0 Å². The molecule has 20 heavy (non-hydrogen) atoms. The van der Waals surface area contributed by atoms with Crippen molar-refractivity contribution in [2.75, 3.05) is 19.0 Å². The Bertz CT molecular complexity index is 504. The van der Waals surface area contributed by atoms with Crippen molar-refractivity contribution >= 4 is 17.7 Å². The van der Waals surface area contributed by atoms with Crippen molar-refractivity contribution in [3.63, 3.8) is 0 Å². The van der Waals surface area contributed by atoms with E-state index in [1.165, 1.54) is 4.90 Å². The van der Waals surface area contributed by atoms with Gasteiger partial charge in [-0.15, -0.1) is 0 Å². The monoisotopic (exact) mass is 278 g/mol. The molecule has 2 amide bonds. The zero-order valence-corrected chi connectivity index (χ0v) is 11.3. The van der Waals surface area contributed by atoms with Gasteiger partial charge in [0.15, 0.2) is 0 Å². The molecule has 6 nitrogen and oxygen atoms in total. The number of nitrogens with zero attached hydrogens (tertiary/aromatic N) is 1. The summed E-state index contributed by atoms with van der Waals surface area (Å²) in [5.41, 5.74) is 0.602. The molecule has 108 valence electrons. The summed E-state index contributed by atoms with van der Waals surface area (Å²) in [5.74, 6) is 0.349. The highest BCUT2D eigenvalue weighted by Gasteiger charge is 2.31. The number of rotatable bonds is 3. The van der Waals surface area contributed by atoms with Crippen LogP contribution in [-0.4, -0.2) is 41.7 Å². The summed E-state index contributed by atoms with van der Waals surface area (Å²) in [6.45, 7) is 0.408. The first-order chi connectivity index (χ1) is 9.61. The molecule has 1 saturated heterocycles. The molecule has 1 aromatic carbocycles. The van der Waals surface area contributed by atoms with Crippen molar-refractivity contribution < 1.29 is 19.4 Å². The third-order valence-corrected chi connectivity index (χ3v) is 3.39. The molecule has 2 N–H and O–H groups in total. The van der Waals surface area contributed by atoms with Gasteiger partial charge in [0, 0.05) is 18.3 Å². The van der Waals surface area contributed by atoms with Crippen LogP contribution in [0.2, 0.25) is 0 Å². The Morgan fingerprint density at radius 2 is 2.20 bits per heavy atom. The van der Waals surface area contributed by atoms with Gasteiger partial charge in [-0.05, 0) is 31.4 Å². The second-order valence-electron chi connectivity index (χ2n) is 4.71. The Hall–Kier alpha value is -2.24. The Morgan fingerprint density at radius 1 is 1.40 bits per heavy atom. The van der Waals surface area contributed by atoms with Crippen molar-refractivity contribution in [3.05, 3.63) is 24.3 Å². The van der Waals surface area contributed by atoms with E-state index in [1.54, 1.807) is 31.4 Å². The number of amides is 2. The van der Waals surface area contributed by atoms with E-state index in [0.29, 0.717) is 24.4 Å². The Balaban J connectivity index is 2.07. The predicted molar refractivity (Wildman–Crippen MR) is 74.0 cm³/mol. The second-order valence-corrected chi connectivity index (χ2v) is 4.71. The molecule has 1 unspecified atom stereocenters. The van der Waals surface area contributed by atoms with E-state index in [1.807, 2.05) is 0 Å². The van der Waals surface area contributed by atoms with Gasteiger partial charge in [-0.25, -0.2) is 4.79 Å². The molecule has 2 rings (SSSR count). The average molecular weight is 278 g/mol. The highest BCUT2D eigenvalue weighted by molar-refractivity contribution is 5.96. The Kier molecular flexibility index (Phi) is 4.45. The lowest BCUT2D eigenvalue weighted by molar-refractivity contribution is -0.121. The minimum absolute atomic E-state index is 0.291. The van der Waals surface area contributed by atoms with E-state index < -0.39 is 12.1 Å². The summed E-state index contributed by atoms with van der Waals surface area (Å²) in [4.78, 5) is 24.6. The van der Waals surface area contributed by atoms with Crippen LogP contribution < -0.4 is 10.1 Å². The number of piperidine rings is 1. The highest BCUT2D eigenvalue weighted by Crippen LogP contribution is 2.21. The van der Waals surface area contributed by atoms with E-state index in [9.17, 15) is 9.59 Å². The lowest BCUT2D eigenvalue weighted by atomic mass is 10.0. The van der Waals surface area contributed by atoms with Crippen LogP contribution in [0.4, 0.5) is 10.5 Å². The summed E-state index contributed by atoms with van der Waals surface area (Å²) in [6.07, 6.45) is 1.17. The molecule has 1 aliphatic heterocycles. The summed E-state index contributed by atoms with van der Waals surface area (Å²) in [6, 6.07) is 6.37. The summed E-state index contributed by atoms with van der Waals surface area (Å²) < 4.78 is 5.09. The molecule has 0 aromatic heterocycles. The van der Waals surface area contributed by atoms with Gasteiger partial charge in [0.05, 0.1) is 7.11 Å². The quantitative estimate of drug-likeness (QED) is 0.888. The number of ether oxygens (including phenoxy) is 1. The molecule has 1 fully saturated rings. The number of likely N-dealkylation sites (tertiary alicyclic amines) is 1. The number of hydrogen-bond acceptors (Lipinski definition) is 3. The molecular formula is C14H18N2O4. The first-order valence-corrected chi connectivity index (χ1v) is 6.56. The second kappa shape index (κ2) is 6.27. The van der Waals surface area contributed by atoms with E-state index in [2.05, 4.69) is 5.32 Å². The first kappa shape index (κ1) is 14.2. The fourth-order valence-corrected chi connectivity index (χ4v) is 2.36.